The fourth-order valence-corrected chi connectivity index (χ4v) is 2.14. The monoisotopic (exact) mass is 316 g/mol. The van der Waals surface area contributed by atoms with Crippen LogP contribution < -0.4 is 0 Å². The van der Waals surface area contributed by atoms with E-state index in [1.807, 2.05) is 18.0 Å². The van der Waals surface area contributed by atoms with Gasteiger partial charge in [-0.05, 0) is 41.9 Å². The van der Waals surface area contributed by atoms with Crippen molar-refractivity contribution in [3.63, 3.8) is 0 Å². The van der Waals surface area contributed by atoms with E-state index in [9.17, 15) is 15.2 Å². The third-order valence-corrected chi connectivity index (χ3v) is 3.54. The summed E-state index contributed by atoms with van der Waals surface area (Å²) in [6.07, 6.45) is 0.351. The number of nitro groups is 1. The first kappa shape index (κ1) is 15.1. The third-order valence-electron chi connectivity index (χ3n) is 2.62. The number of nitro benzene ring substituents is 1. The highest BCUT2D eigenvalue weighted by molar-refractivity contribution is 9.10. The molecule has 100 valence electrons. The zero-order valence-electron chi connectivity index (χ0n) is 10.5. The van der Waals surface area contributed by atoms with E-state index in [0.29, 0.717) is 17.4 Å². The van der Waals surface area contributed by atoms with Gasteiger partial charge in [-0.1, -0.05) is 12.1 Å². The number of benzene rings is 1. The Labute approximate surface area is 115 Å². The van der Waals surface area contributed by atoms with Gasteiger partial charge in [0.05, 0.1) is 15.5 Å². The quantitative estimate of drug-likeness (QED) is 0.647. The van der Waals surface area contributed by atoms with E-state index in [2.05, 4.69) is 15.9 Å². The Morgan fingerprint density at radius 3 is 2.78 bits per heavy atom. The molecule has 0 bridgehead atoms. The van der Waals surface area contributed by atoms with Gasteiger partial charge in [-0.15, -0.1) is 0 Å². The molecule has 1 aromatic carbocycles. The van der Waals surface area contributed by atoms with Gasteiger partial charge in [0, 0.05) is 19.2 Å². The molecule has 0 aliphatic heterocycles. The van der Waals surface area contributed by atoms with Crippen molar-refractivity contribution < 1.29 is 10.0 Å². The predicted molar refractivity (Wildman–Crippen MR) is 73.4 cm³/mol. The van der Waals surface area contributed by atoms with Gasteiger partial charge < -0.3 is 10.0 Å². The van der Waals surface area contributed by atoms with Crippen LogP contribution in [0.25, 0.3) is 0 Å². The molecule has 0 saturated heterocycles. The zero-order chi connectivity index (χ0) is 13.7. The first-order chi connectivity index (χ1) is 8.41. The van der Waals surface area contributed by atoms with Gasteiger partial charge in [-0.2, -0.15) is 0 Å². The normalized spacial score (nSPS) is 12.7. The predicted octanol–water partition coefficient (Wildman–Crippen LogP) is 2.56. The second-order valence-corrected chi connectivity index (χ2v) is 5.18. The van der Waals surface area contributed by atoms with E-state index in [0.717, 1.165) is 12.1 Å². The molecule has 0 amide bonds. The molecule has 0 fully saturated rings. The molecule has 1 aromatic rings. The van der Waals surface area contributed by atoms with Gasteiger partial charge in [-0.3, -0.25) is 10.1 Å². The Bertz CT molecular complexity index is 424. The van der Waals surface area contributed by atoms with Crippen LogP contribution in [0.2, 0.25) is 0 Å². The molecule has 1 atom stereocenters. The van der Waals surface area contributed by atoms with Crippen LogP contribution in [0.3, 0.4) is 0 Å². The van der Waals surface area contributed by atoms with Gasteiger partial charge in [-0.25, -0.2) is 0 Å². The van der Waals surface area contributed by atoms with Gasteiger partial charge in [0.2, 0.25) is 0 Å². The number of aliphatic hydroxyl groups excluding tert-OH is 1. The summed E-state index contributed by atoms with van der Waals surface area (Å²) in [6.45, 7) is 3.10. The van der Waals surface area contributed by atoms with E-state index in [1.54, 1.807) is 13.0 Å². The van der Waals surface area contributed by atoms with Crippen molar-refractivity contribution >= 4 is 21.6 Å². The standard InChI is InChI=1S/C12H17BrN2O3/c1-9(16)6-7-14(2)8-10-4-3-5-11(12(10)13)15(17)18/h3-5,9,16H,6-8H2,1-2H3. The Balaban J connectivity index is 2.73. The molecule has 1 unspecified atom stereocenters. The number of aliphatic hydroxyl groups is 1. The first-order valence-corrected chi connectivity index (χ1v) is 6.49. The number of hydrogen-bond donors (Lipinski definition) is 1. The molecular formula is C12H17BrN2O3. The van der Waals surface area contributed by atoms with Gasteiger partial charge in [0.25, 0.3) is 5.69 Å². The van der Waals surface area contributed by atoms with Crippen LogP contribution in [0.4, 0.5) is 5.69 Å². The average molecular weight is 317 g/mol. The van der Waals surface area contributed by atoms with E-state index in [-0.39, 0.29) is 11.8 Å². The molecule has 0 aromatic heterocycles. The fourth-order valence-electron chi connectivity index (χ4n) is 1.61. The highest BCUT2D eigenvalue weighted by Gasteiger charge is 2.15. The molecular weight excluding hydrogens is 300 g/mol. The SMILES string of the molecule is CC(O)CCN(C)Cc1cccc([N+](=O)[O-])c1Br. The lowest BCUT2D eigenvalue weighted by atomic mass is 10.2. The van der Waals surface area contributed by atoms with Crippen LogP contribution in [-0.2, 0) is 6.54 Å². The van der Waals surface area contributed by atoms with E-state index in [4.69, 9.17) is 0 Å². The topological polar surface area (TPSA) is 66.6 Å². The van der Waals surface area contributed by atoms with Crippen LogP contribution in [0, 0.1) is 10.1 Å². The second kappa shape index (κ2) is 6.82. The highest BCUT2D eigenvalue weighted by Crippen LogP contribution is 2.28. The number of halogens is 1. The summed E-state index contributed by atoms with van der Waals surface area (Å²) >= 11 is 3.27. The molecule has 0 spiro atoms. The number of nitrogens with zero attached hydrogens (tertiary/aromatic N) is 2. The average Bonchev–Trinajstić information content (AvgIpc) is 2.29. The van der Waals surface area contributed by atoms with Crippen molar-refractivity contribution in [2.75, 3.05) is 13.6 Å². The fraction of sp³-hybridized carbons (Fsp3) is 0.500. The molecule has 6 heteroatoms. The summed E-state index contributed by atoms with van der Waals surface area (Å²) in [5.41, 5.74) is 0.953. The van der Waals surface area contributed by atoms with Crippen LogP contribution in [-0.4, -0.2) is 34.6 Å². The lowest BCUT2D eigenvalue weighted by Gasteiger charge is -2.18. The van der Waals surface area contributed by atoms with Crippen LogP contribution in [0.15, 0.2) is 22.7 Å². The number of rotatable bonds is 6. The molecule has 0 heterocycles. The maximum absolute atomic E-state index is 10.8. The molecule has 18 heavy (non-hydrogen) atoms. The van der Waals surface area contributed by atoms with Crippen molar-refractivity contribution in [2.45, 2.75) is 26.0 Å². The second-order valence-electron chi connectivity index (χ2n) is 4.38. The largest absolute Gasteiger partial charge is 0.393 e. The summed E-state index contributed by atoms with van der Waals surface area (Å²) in [4.78, 5) is 12.4. The minimum atomic E-state index is -0.399. The lowest BCUT2D eigenvalue weighted by Crippen LogP contribution is -2.22. The molecule has 0 saturated carbocycles. The smallest absolute Gasteiger partial charge is 0.283 e. The zero-order valence-corrected chi connectivity index (χ0v) is 12.1. The molecule has 0 radical (unpaired) electrons. The Morgan fingerprint density at radius 1 is 1.56 bits per heavy atom. The van der Waals surface area contributed by atoms with Gasteiger partial charge in [0.1, 0.15) is 0 Å². The minimum absolute atomic E-state index is 0.0800. The molecule has 1 N–H and O–H groups in total. The third kappa shape index (κ3) is 4.36. The van der Waals surface area contributed by atoms with E-state index >= 15 is 0 Å². The molecule has 5 nitrogen and oxygen atoms in total. The first-order valence-electron chi connectivity index (χ1n) is 5.70. The van der Waals surface area contributed by atoms with Crippen molar-refractivity contribution in [3.05, 3.63) is 38.3 Å². The van der Waals surface area contributed by atoms with Crippen LogP contribution in [0.1, 0.15) is 18.9 Å². The van der Waals surface area contributed by atoms with E-state index < -0.39 is 4.92 Å². The lowest BCUT2D eigenvalue weighted by molar-refractivity contribution is -0.385. The minimum Gasteiger partial charge on any atom is -0.393 e. The van der Waals surface area contributed by atoms with Crippen molar-refractivity contribution in [2.24, 2.45) is 0 Å². The maximum atomic E-state index is 10.8. The Hall–Kier alpha value is -0.980. The van der Waals surface area contributed by atoms with Crippen LogP contribution >= 0.6 is 15.9 Å². The van der Waals surface area contributed by atoms with Crippen molar-refractivity contribution in [1.29, 1.82) is 0 Å². The summed E-state index contributed by atoms with van der Waals surface area (Å²) in [5, 5.41) is 20.0. The van der Waals surface area contributed by atoms with Crippen molar-refractivity contribution in [1.82, 2.24) is 4.90 Å². The van der Waals surface area contributed by atoms with Crippen molar-refractivity contribution in [3.8, 4) is 0 Å². The maximum Gasteiger partial charge on any atom is 0.283 e. The van der Waals surface area contributed by atoms with E-state index in [1.165, 1.54) is 6.07 Å². The summed E-state index contributed by atoms with van der Waals surface area (Å²) in [5.74, 6) is 0. The van der Waals surface area contributed by atoms with Gasteiger partial charge in [0.15, 0.2) is 0 Å². The Kier molecular flexibility index (Phi) is 5.71. The van der Waals surface area contributed by atoms with Gasteiger partial charge >= 0.3 is 0 Å². The highest BCUT2D eigenvalue weighted by atomic mass is 79.9. The number of hydrogen-bond acceptors (Lipinski definition) is 4. The molecule has 1 rings (SSSR count). The molecule has 0 aliphatic rings. The van der Waals surface area contributed by atoms with Crippen LogP contribution in [0.5, 0.6) is 0 Å². The summed E-state index contributed by atoms with van der Waals surface area (Å²) in [7, 11) is 1.92. The summed E-state index contributed by atoms with van der Waals surface area (Å²) < 4.78 is 0.527. The summed E-state index contributed by atoms with van der Waals surface area (Å²) in [6, 6.07) is 5.01. The Morgan fingerprint density at radius 2 is 2.22 bits per heavy atom. The molecule has 0 aliphatic carbocycles.